The molecule has 7 nitrogen and oxygen atoms in total. The van der Waals surface area contributed by atoms with Crippen LogP contribution in [0.1, 0.15) is 18.1 Å². The molecule has 1 amide bonds. The highest BCUT2D eigenvalue weighted by Gasteiger charge is 2.28. The molecule has 3 rings (SSSR count). The van der Waals surface area contributed by atoms with Crippen LogP contribution in [-0.2, 0) is 14.8 Å². The van der Waals surface area contributed by atoms with E-state index in [4.69, 9.17) is 5.14 Å². The number of anilines is 2. The van der Waals surface area contributed by atoms with Crippen LogP contribution < -0.4 is 15.9 Å². The number of rotatable bonds is 5. The number of benzene rings is 2. The molecule has 0 spiro atoms. The second-order valence-electron chi connectivity index (χ2n) is 5.99. The fourth-order valence-electron chi connectivity index (χ4n) is 2.60. The summed E-state index contributed by atoms with van der Waals surface area (Å²) in [5.41, 5.74) is 5.71. The molecule has 0 saturated heterocycles. The van der Waals surface area contributed by atoms with Crippen molar-refractivity contribution >= 4 is 39.1 Å². The highest BCUT2D eigenvalue weighted by atomic mass is 32.2. The van der Waals surface area contributed by atoms with Crippen molar-refractivity contribution in [2.45, 2.75) is 11.8 Å². The molecule has 0 fully saturated rings. The van der Waals surface area contributed by atoms with E-state index in [0.717, 1.165) is 0 Å². The smallest absolute Gasteiger partial charge is 0.276 e. The van der Waals surface area contributed by atoms with E-state index < -0.39 is 22.6 Å². The Labute approximate surface area is 155 Å². The molecule has 0 aromatic heterocycles. The van der Waals surface area contributed by atoms with Gasteiger partial charge in [-0.15, -0.1) is 0 Å². The number of hydrogen-bond donors (Lipinski definition) is 3. The zero-order valence-electron chi connectivity index (χ0n) is 14.4. The molecule has 140 valence electrons. The third-order valence-electron chi connectivity index (χ3n) is 3.89. The molecule has 0 aliphatic carbocycles. The largest absolute Gasteiger partial charge is 0.320 e. The van der Waals surface area contributed by atoms with E-state index in [1.165, 1.54) is 24.3 Å². The van der Waals surface area contributed by atoms with Crippen LogP contribution in [-0.4, -0.2) is 26.7 Å². The van der Waals surface area contributed by atoms with Gasteiger partial charge in [0.1, 0.15) is 6.67 Å². The van der Waals surface area contributed by atoms with Crippen molar-refractivity contribution in [3.63, 3.8) is 0 Å². The molecular weight excluding hydrogens is 371 g/mol. The lowest BCUT2D eigenvalue weighted by atomic mass is 10.0. The molecule has 0 bridgehead atoms. The average Bonchev–Trinajstić information content (AvgIpc) is 2.95. The first-order valence-electron chi connectivity index (χ1n) is 7.94. The maximum absolute atomic E-state index is 12.8. The van der Waals surface area contributed by atoms with Crippen molar-refractivity contribution in [3.05, 3.63) is 59.2 Å². The number of alkyl halides is 1. The van der Waals surface area contributed by atoms with Crippen LogP contribution >= 0.6 is 0 Å². The van der Waals surface area contributed by atoms with Crippen LogP contribution in [0, 0.1) is 0 Å². The van der Waals surface area contributed by atoms with Crippen molar-refractivity contribution in [1.29, 1.82) is 0 Å². The van der Waals surface area contributed by atoms with Crippen molar-refractivity contribution in [2.75, 3.05) is 17.4 Å². The van der Waals surface area contributed by atoms with Gasteiger partial charge in [-0.3, -0.25) is 10.2 Å². The highest BCUT2D eigenvalue weighted by Crippen LogP contribution is 2.28. The monoisotopic (exact) mass is 388 g/mol. The first kappa shape index (κ1) is 18.7. The molecule has 2 aromatic carbocycles. The van der Waals surface area contributed by atoms with Gasteiger partial charge in [-0.25, -0.2) is 17.9 Å². The molecule has 27 heavy (non-hydrogen) atoms. The normalized spacial score (nSPS) is 15.6. The molecule has 0 unspecified atom stereocenters. The molecular formula is C18H17FN4O3S. The van der Waals surface area contributed by atoms with Gasteiger partial charge in [-0.05, 0) is 48.4 Å². The number of nitrogens with two attached hydrogens (primary N) is 1. The predicted octanol–water partition coefficient (Wildman–Crippen LogP) is 2.48. The van der Waals surface area contributed by atoms with Gasteiger partial charge in [-0.1, -0.05) is 18.2 Å². The zero-order chi connectivity index (χ0) is 19.6. The Kier molecular flexibility index (Phi) is 5.06. The third-order valence-corrected chi connectivity index (χ3v) is 4.82. The Bertz CT molecular complexity index is 1060. The van der Waals surface area contributed by atoms with E-state index in [9.17, 15) is 17.6 Å². The van der Waals surface area contributed by atoms with Crippen LogP contribution in [0.4, 0.5) is 15.8 Å². The quantitative estimate of drug-likeness (QED) is 0.683. The predicted molar refractivity (Wildman–Crippen MR) is 103 cm³/mol. The number of hydrogen-bond acceptors (Lipinski definition) is 5. The van der Waals surface area contributed by atoms with Crippen molar-refractivity contribution in [1.82, 2.24) is 0 Å². The number of amides is 1. The van der Waals surface area contributed by atoms with Crippen molar-refractivity contribution in [2.24, 2.45) is 10.2 Å². The Hall–Kier alpha value is -3.04. The molecule has 2 aromatic rings. The molecule has 9 heteroatoms. The van der Waals surface area contributed by atoms with E-state index in [1.807, 2.05) is 0 Å². The second kappa shape index (κ2) is 7.29. The molecule has 0 saturated carbocycles. The molecule has 4 N–H and O–H groups in total. The Morgan fingerprint density at radius 2 is 1.96 bits per heavy atom. The number of allylic oxidation sites excluding steroid dienone is 1. The molecule has 1 aliphatic heterocycles. The van der Waals surface area contributed by atoms with E-state index in [2.05, 4.69) is 15.8 Å². The maximum atomic E-state index is 12.8. The summed E-state index contributed by atoms with van der Waals surface area (Å²) in [6, 6.07) is 10.9. The number of primary sulfonamides is 1. The van der Waals surface area contributed by atoms with Crippen molar-refractivity contribution < 1.29 is 17.6 Å². The lowest BCUT2D eigenvalue weighted by Crippen LogP contribution is -2.16. The summed E-state index contributed by atoms with van der Waals surface area (Å²) in [6.07, 6.45) is 1.66. The van der Waals surface area contributed by atoms with Crippen LogP contribution in [0.5, 0.6) is 0 Å². The number of nitrogens with one attached hydrogen (secondary N) is 2. The number of halogens is 1. The standard InChI is InChI=1S/C18H17FN4O3S/c1-11(10-19)9-12-3-2-4-15-16(12)17(18(24)21-15)23-22-13-5-7-14(8-6-13)27(20,25)26/h2-9,22H,10H2,1H3,(H2,20,25,26)(H,21,23,24)/b11-9-. The van der Waals surface area contributed by atoms with Crippen molar-refractivity contribution in [3.8, 4) is 0 Å². The Balaban J connectivity index is 1.94. The molecule has 1 heterocycles. The van der Waals surface area contributed by atoms with Gasteiger partial charge in [0.05, 0.1) is 16.3 Å². The average molecular weight is 388 g/mol. The summed E-state index contributed by atoms with van der Waals surface area (Å²) < 4.78 is 35.4. The van der Waals surface area contributed by atoms with Gasteiger partial charge < -0.3 is 5.32 Å². The van der Waals surface area contributed by atoms with Gasteiger partial charge in [0.25, 0.3) is 5.91 Å². The van der Waals surface area contributed by atoms with Crippen LogP contribution in [0.3, 0.4) is 0 Å². The van der Waals surface area contributed by atoms with Gasteiger partial charge >= 0.3 is 0 Å². The fraction of sp³-hybridized carbons (Fsp3) is 0.111. The summed E-state index contributed by atoms with van der Waals surface area (Å²) in [6.45, 7) is 1.07. The number of hydrazone groups is 1. The number of carbonyl (C=O) groups excluding carboxylic acids is 1. The minimum Gasteiger partial charge on any atom is -0.320 e. The van der Waals surface area contributed by atoms with Crippen LogP contribution in [0.25, 0.3) is 6.08 Å². The van der Waals surface area contributed by atoms with E-state index in [1.54, 1.807) is 31.2 Å². The minimum atomic E-state index is -3.78. The van der Waals surface area contributed by atoms with Gasteiger partial charge in [-0.2, -0.15) is 5.10 Å². The highest BCUT2D eigenvalue weighted by molar-refractivity contribution is 7.89. The number of nitrogens with zero attached hydrogens (tertiary/aromatic N) is 1. The lowest BCUT2D eigenvalue weighted by Gasteiger charge is -2.06. The van der Waals surface area contributed by atoms with Gasteiger partial charge in [0, 0.05) is 5.56 Å². The second-order valence-corrected chi connectivity index (χ2v) is 7.55. The van der Waals surface area contributed by atoms with Gasteiger partial charge in [0.2, 0.25) is 10.0 Å². The number of sulfonamides is 1. The maximum Gasteiger partial charge on any atom is 0.276 e. The van der Waals surface area contributed by atoms with Crippen LogP contribution in [0.15, 0.2) is 58.0 Å². The van der Waals surface area contributed by atoms with Gasteiger partial charge in [0.15, 0.2) is 5.71 Å². The zero-order valence-corrected chi connectivity index (χ0v) is 15.2. The third kappa shape index (κ3) is 4.04. The summed E-state index contributed by atoms with van der Waals surface area (Å²) >= 11 is 0. The molecule has 0 radical (unpaired) electrons. The first-order valence-corrected chi connectivity index (χ1v) is 9.48. The van der Waals surface area contributed by atoms with Crippen LogP contribution in [0.2, 0.25) is 0 Å². The van der Waals surface area contributed by atoms with E-state index >= 15 is 0 Å². The summed E-state index contributed by atoms with van der Waals surface area (Å²) in [5, 5.41) is 11.9. The lowest BCUT2D eigenvalue weighted by molar-refractivity contribution is -0.110. The number of fused-ring (bicyclic) bond motifs is 1. The fourth-order valence-corrected chi connectivity index (χ4v) is 3.12. The van der Waals surface area contributed by atoms with E-state index in [-0.39, 0.29) is 10.6 Å². The summed E-state index contributed by atoms with van der Waals surface area (Å²) in [5.74, 6) is -0.391. The van der Waals surface area contributed by atoms with E-state index in [0.29, 0.717) is 28.1 Å². The molecule has 0 atom stereocenters. The minimum absolute atomic E-state index is 0.0289. The summed E-state index contributed by atoms with van der Waals surface area (Å²) in [4.78, 5) is 12.2. The molecule has 1 aliphatic rings. The first-order chi connectivity index (χ1) is 12.8. The Morgan fingerprint density at radius 3 is 2.59 bits per heavy atom. The Morgan fingerprint density at radius 1 is 1.26 bits per heavy atom. The number of carbonyl (C=O) groups is 1. The SMILES string of the molecule is C/C(=C/c1cccc2c1/C(=N/Nc1ccc(S(N)(=O)=O)cc1)C(=O)N2)CF. The summed E-state index contributed by atoms with van der Waals surface area (Å²) in [7, 11) is -3.78. The topological polar surface area (TPSA) is 114 Å².